The first-order chi connectivity index (χ1) is 14.5. The Hall–Kier alpha value is -3.38. The lowest BCUT2D eigenvalue weighted by Gasteiger charge is -2.28. The minimum atomic E-state index is -1.21. The van der Waals surface area contributed by atoms with E-state index >= 15 is 0 Å². The predicted molar refractivity (Wildman–Crippen MR) is 117 cm³/mol. The van der Waals surface area contributed by atoms with Gasteiger partial charge in [0, 0.05) is 5.02 Å². The maximum atomic E-state index is 11.7. The van der Waals surface area contributed by atoms with Gasteiger partial charge in [-0.25, -0.2) is 10.3 Å². The van der Waals surface area contributed by atoms with Gasteiger partial charge in [0.15, 0.2) is 17.1 Å². The zero-order chi connectivity index (χ0) is 22.0. The smallest absolute Gasteiger partial charge is 0.267 e. The molecule has 154 valence electrons. The molecule has 2 aromatic carbocycles. The number of carbonyl (C=O) groups excluding carboxylic acids is 1. The quantitative estimate of drug-likeness (QED) is 0.356. The summed E-state index contributed by atoms with van der Waals surface area (Å²) in [7, 11) is 1.55. The summed E-state index contributed by atoms with van der Waals surface area (Å²) in [5.74, 6) is 5.70. The molecule has 0 radical (unpaired) electrons. The molecule has 0 spiro atoms. The van der Waals surface area contributed by atoms with Gasteiger partial charge in [0.2, 0.25) is 0 Å². The number of terminal acetylenes is 2. The van der Waals surface area contributed by atoms with Gasteiger partial charge in [-0.05, 0) is 54.3 Å². The maximum Gasteiger partial charge on any atom is 0.267 e. The lowest BCUT2D eigenvalue weighted by Crippen LogP contribution is -2.37. The number of rotatable bonds is 10. The second kappa shape index (κ2) is 11.0. The van der Waals surface area contributed by atoms with E-state index < -0.39 is 11.5 Å². The molecule has 0 saturated heterocycles. The Balaban J connectivity index is 2.28. The molecule has 2 aromatic rings. The van der Waals surface area contributed by atoms with Gasteiger partial charge < -0.3 is 9.47 Å². The highest BCUT2D eigenvalue weighted by Gasteiger charge is 2.32. The van der Waals surface area contributed by atoms with Crippen LogP contribution in [-0.2, 0) is 21.7 Å². The summed E-state index contributed by atoms with van der Waals surface area (Å²) in [6.07, 6.45) is 13.1. The van der Waals surface area contributed by atoms with Gasteiger partial charge in [0.1, 0.15) is 6.61 Å². The monoisotopic (exact) mass is 423 g/mol. The number of benzene rings is 2. The molecule has 1 atom stereocenters. The first kappa shape index (κ1) is 22.9. The molecule has 2 rings (SSSR count). The van der Waals surface area contributed by atoms with E-state index in [1.54, 1.807) is 37.4 Å². The number of halogens is 1. The van der Waals surface area contributed by atoms with Crippen LogP contribution in [0.25, 0.3) is 0 Å². The van der Waals surface area contributed by atoms with Crippen LogP contribution in [0.4, 0.5) is 0 Å². The molecule has 0 heterocycles. The number of amides is 1. The number of aryl methyl sites for hydroxylation is 1. The topological polar surface area (TPSA) is 56.8 Å². The molecule has 1 amide bonds. The third kappa shape index (κ3) is 5.81. The molecule has 1 N–H and O–H groups in total. The predicted octanol–water partition coefficient (Wildman–Crippen LogP) is 4.06. The van der Waals surface area contributed by atoms with Gasteiger partial charge in [-0.1, -0.05) is 48.2 Å². The van der Waals surface area contributed by atoms with E-state index in [0.717, 1.165) is 11.6 Å². The Morgan fingerprint density at radius 2 is 1.97 bits per heavy atom. The number of hydroxylamine groups is 1. The summed E-state index contributed by atoms with van der Waals surface area (Å²) >= 11 is 6.00. The normalized spacial score (nSPS) is 12.0. The zero-order valence-corrected chi connectivity index (χ0v) is 17.4. The Labute approximate surface area is 181 Å². The van der Waals surface area contributed by atoms with Crippen molar-refractivity contribution >= 4 is 17.5 Å². The van der Waals surface area contributed by atoms with Crippen molar-refractivity contribution in [3.63, 3.8) is 0 Å². The van der Waals surface area contributed by atoms with Gasteiger partial charge >= 0.3 is 0 Å². The highest BCUT2D eigenvalue weighted by molar-refractivity contribution is 6.30. The largest absolute Gasteiger partial charge is 0.493 e. The number of nitrogens with one attached hydrogen (secondary N) is 1. The molecule has 0 aliphatic rings. The Morgan fingerprint density at radius 1 is 1.23 bits per heavy atom. The fourth-order valence-corrected chi connectivity index (χ4v) is 2.89. The van der Waals surface area contributed by atoms with Crippen LogP contribution >= 0.6 is 11.6 Å². The number of ether oxygens (including phenoxy) is 2. The van der Waals surface area contributed by atoms with E-state index in [2.05, 4.69) is 23.9 Å². The van der Waals surface area contributed by atoms with Crippen LogP contribution < -0.4 is 15.0 Å². The second-order valence-corrected chi connectivity index (χ2v) is 6.67. The number of hydrogen-bond donors (Lipinski definition) is 1. The van der Waals surface area contributed by atoms with Crippen molar-refractivity contribution in [2.45, 2.75) is 18.4 Å². The van der Waals surface area contributed by atoms with Crippen LogP contribution in [0.1, 0.15) is 17.5 Å². The molecule has 1 unspecified atom stereocenters. The molecule has 6 heteroatoms. The molecule has 0 aromatic heterocycles. The fourth-order valence-electron chi connectivity index (χ4n) is 2.76. The summed E-state index contributed by atoms with van der Waals surface area (Å²) in [4.78, 5) is 17.3. The second-order valence-electron chi connectivity index (χ2n) is 6.23. The van der Waals surface area contributed by atoms with E-state index in [4.69, 9.17) is 38.8 Å². The standard InChI is InChI=1S/C24H22ClNO4/c1-5-16-29-21-13-8-18(17-22(21)28-4)14-15-24(7-3,30-26-23(27)6-2)19-9-11-20(25)12-10-19/h1,3,6,8-13,17H,2,14-16H2,4H3,(H,26,27). The average Bonchev–Trinajstić information content (AvgIpc) is 2.78. The van der Waals surface area contributed by atoms with Gasteiger partial charge in [0.25, 0.3) is 5.91 Å². The van der Waals surface area contributed by atoms with E-state index in [9.17, 15) is 4.79 Å². The lowest BCUT2D eigenvalue weighted by atomic mass is 9.88. The molecule has 5 nitrogen and oxygen atoms in total. The van der Waals surface area contributed by atoms with Crippen molar-refractivity contribution in [3.05, 3.63) is 71.3 Å². The summed E-state index contributed by atoms with van der Waals surface area (Å²) in [5, 5.41) is 0.562. The van der Waals surface area contributed by atoms with Crippen molar-refractivity contribution in [1.82, 2.24) is 5.48 Å². The molecule has 0 bridgehead atoms. The third-order valence-corrected chi connectivity index (χ3v) is 4.61. The van der Waals surface area contributed by atoms with Gasteiger partial charge in [0.05, 0.1) is 7.11 Å². The molecule has 0 aliphatic heterocycles. The molecule has 30 heavy (non-hydrogen) atoms. The van der Waals surface area contributed by atoms with Crippen molar-refractivity contribution in [1.29, 1.82) is 0 Å². The maximum absolute atomic E-state index is 11.7. The third-order valence-electron chi connectivity index (χ3n) is 4.36. The van der Waals surface area contributed by atoms with E-state index in [0.29, 0.717) is 34.9 Å². The first-order valence-electron chi connectivity index (χ1n) is 9.05. The number of hydrogen-bond acceptors (Lipinski definition) is 4. The van der Waals surface area contributed by atoms with Crippen molar-refractivity contribution in [2.75, 3.05) is 13.7 Å². The fraction of sp³-hybridized carbons (Fsp3) is 0.208. The minimum absolute atomic E-state index is 0.142. The minimum Gasteiger partial charge on any atom is -0.493 e. The van der Waals surface area contributed by atoms with Crippen LogP contribution in [0.2, 0.25) is 5.02 Å². The summed E-state index contributed by atoms with van der Waals surface area (Å²) in [5.41, 5.74) is 2.74. The molecule has 0 fully saturated rings. The summed E-state index contributed by atoms with van der Waals surface area (Å²) in [6, 6.07) is 12.5. The van der Waals surface area contributed by atoms with Crippen LogP contribution in [-0.4, -0.2) is 19.6 Å². The van der Waals surface area contributed by atoms with Gasteiger partial charge in [-0.3, -0.25) is 4.79 Å². The van der Waals surface area contributed by atoms with E-state index in [-0.39, 0.29) is 6.61 Å². The Morgan fingerprint density at radius 3 is 2.57 bits per heavy atom. The number of methoxy groups -OCH3 is 1. The average molecular weight is 424 g/mol. The van der Waals surface area contributed by atoms with E-state index in [1.165, 1.54) is 0 Å². The summed E-state index contributed by atoms with van der Waals surface area (Å²) in [6.45, 7) is 3.56. The molecular weight excluding hydrogens is 402 g/mol. The highest BCUT2D eigenvalue weighted by Crippen LogP contribution is 2.33. The van der Waals surface area contributed by atoms with E-state index in [1.807, 2.05) is 12.1 Å². The van der Waals surface area contributed by atoms with Crippen LogP contribution in [0.15, 0.2) is 55.1 Å². The molecule has 0 saturated carbocycles. The van der Waals surface area contributed by atoms with Gasteiger partial charge in [-0.2, -0.15) is 0 Å². The number of carbonyl (C=O) groups is 1. The lowest BCUT2D eigenvalue weighted by molar-refractivity contribution is -0.141. The molecular formula is C24H22ClNO4. The van der Waals surface area contributed by atoms with Gasteiger partial charge in [-0.15, -0.1) is 12.8 Å². The van der Waals surface area contributed by atoms with Crippen LogP contribution in [0, 0.1) is 24.7 Å². The van der Waals surface area contributed by atoms with Crippen molar-refractivity contribution in [3.8, 4) is 36.2 Å². The van der Waals surface area contributed by atoms with Crippen molar-refractivity contribution < 1.29 is 19.1 Å². The SMILES string of the molecule is C#CCOc1ccc(CCC(C#C)(ONC(=O)C=C)c2ccc(Cl)cc2)cc1OC. The zero-order valence-electron chi connectivity index (χ0n) is 16.6. The Bertz CT molecular complexity index is 972. The summed E-state index contributed by atoms with van der Waals surface area (Å²) < 4.78 is 10.9. The highest BCUT2D eigenvalue weighted by atomic mass is 35.5. The van der Waals surface area contributed by atoms with Crippen molar-refractivity contribution in [2.24, 2.45) is 0 Å². The molecule has 0 aliphatic carbocycles. The Kier molecular flexibility index (Phi) is 8.38. The van der Waals surface area contributed by atoms with Crippen LogP contribution in [0.3, 0.4) is 0 Å². The van der Waals surface area contributed by atoms with Crippen LogP contribution in [0.5, 0.6) is 11.5 Å². The first-order valence-corrected chi connectivity index (χ1v) is 9.43.